The molecule has 2 aliphatic heterocycles. The van der Waals surface area contributed by atoms with E-state index < -0.39 is 25.9 Å². The molecular formula is C28H31ClN4O6S3. The molecule has 0 spiro atoms. The highest BCUT2D eigenvalue weighted by atomic mass is 35.5. The van der Waals surface area contributed by atoms with Gasteiger partial charge in [0.2, 0.25) is 15.9 Å². The lowest BCUT2D eigenvalue weighted by Crippen LogP contribution is -2.49. The number of anilines is 1. The molecule has 2 saturated heterocycles. The summed E-state index contributed by atoms with van der Waals surface area (Å²) in [6.07, 6.45) is 4.49. The van der Waals surface area contributed by atoms with Crippen LogP contribution in [0.2, 0.25) is 4.34 Å². The van der Waals surface area contributed by atoms with Crippen molar-refractivity contribution in [3.05, 3.63) is 69.3 Å². The van der Waals surface area contributed by atoms with Gasteiger partial charge in [-0.3, -0.25) is 14.6 Å². The molecule has 0 bridgehead atoms. The fourth-order valence-corrected chi connectivity index (χ4v) is 8.39. The molecule has 10 nitrogen and oxygen atoms in total. The van der Waals surface area contributed by atoms with Crippen LogP contribution < -0.4 is 4.90 Å². The Balaban J connectivity index is 1.37. The van der Waals surface area contributed by atoms with Gasteiger partial charge in [-0.2, -0.15) is 4.31 Å². The van der Waals surface area contributed by atoms with E-state index in [-0.39, 0.29) is 17.3 Å². The Morgan fingerprint density at radius 2 is 1.83 bits per heavy atom. The van der Waals surface area contributed by atoms with Crippen LogP contribution in [0.15, 0.2) is 65.0 Å². The zero-order valence-corrected chi connectivity index (χ0v) is 26.1. The first-order valence-corrected chi connectivity index (χ1v) is 17.9. The molecule has 42 heavy (non-hydrogen) atoms. The third-order valence-electron chi connectivity index (χ3n) is 7.21. The maximum Gasteiger partial charge on any atom is 0.246 e. The van der Waals surface area contributed by atoms with Crippen LogP contribution in [-0.2, 0) is 29.4 Å². The van der Waals surface area contributed by atoms with Crippen LogP contribution in [0.1, 0.15) is 11.3 Å². The van der Waals surface area contributed by atoms with Gasteiger partial charge in [-0.25, -0.2) is 21.8 Å². The Hall–Kier alpha value is -2.65. The number of pyridine rings is 1. The zero-order chi connectivity index (χ0) is 29.9. The Morgan fingerprint density at radius 3 is 2.50 bits per heavy atom. The number of carbonyl (C=O) groups is 1. The molecule has 224 valence electrons. The van der Waals surface area contributed by atoms with Crippen LogP contribution in [-0.4, -0.2) is 95.2 Å². The van der Waals surface area contributed by atoms with E-state index in [1.165, 1.54) is 32.8 Å². The number of morpholine rings is 1. The second-order valence-electron chi connectivity index (χ2n) is 10.0. The van der Waals surface area contributed by atoms with E-state index in [1.807, 2.05) is 0 Å². The molecule has 1 amide bonds. The van der Waals surface area contributed by atoms with Gasteiger partial charge in [0.25, 0.3) is 0 Å². The SMILES string of the molecule is CS(=O)(=O)c1ccccc1-c1ccc(N2CC[C@H](N(CCN3CCOCC3)S(=O)(=O)/C=C/c3ccc(Cl)s3)C2=O)nc1. The molecule has 3 aromatic rings. The van der Waals surface area contributed by atoms with E-state index >= 15 is 0 Å². The van der Waals surface area contributed by atoms with Crippen molar-refractivity contribution >= 4 is 60.6 Å². The monoisotopic (exact) mass is 650 g/mol. The predicted molar refractivity (Wildman–Crippen MR) is 165 cm³/mol. The average Bonchev–Trinajstić information content (AvgIpc) is 3.57. The van der Waals surface area contributed by atoms with Crippen molar-refractivity contribution in [1.82, 2.24) is 14.2 Å². The Morgan fingerprint density at radius 1 is 1.07 bits per heavy atom. The number of ether oxygens (including phenoxy) is 1. The number of rotatable bonds is 10. The summed E-state index contributed by atoms with van der Waals surface area (Å²) in [5.74, 6) is 0.0160. The fraction of sp³-hybridized carbons (Fsp3) is 0.357. The molecule has 2 aliphatic rings. The number of nitrogens with zero attached hydrogens (tertiary/aromatic N) is 4. The van der Waals surface area contributed by atoms with Crippen LogP contribution in [0.25, 0.3) is 17.2 Å². The Kier molecular flexibility index (Phi) is 9.47. The summed E-state index contributed by atoms with van der Waals surface area (Å²) in [5, 5.41) is 1.14. The van der Waals surface area contributed by atoms with Crippen LogP contribution in [0.3, 0.4) is 0 Å². The minimum absolute atomic E-state index is 0.150. The van der Waals surface area contributed by atoms with E-state index in [2.05, 4.69) is 9.88 Å². The number of thiophene rings is 1. The van der Waals surface area contributed by atoms with E-state index in [9.17, 15) is 21.6 Å². The van der Waals surface area contributed by atoms with E-state index in [4.69, 9.17) is 16.3 Å². The minimum atomic E-state index is -3.96. The molecule has 0 unspecified atom stereocenters. The number of sulfonamides is 1. The lowest BCUT2D eigenvalue weighted by molar-refractivity contribution is -0.120. The van der Waals surface area contributed by atoms with Gasteiger partial charge in [0.15, 0.2) is 9.84 Å². The summed E-state index contributed by atoms with van der Waals surface area (Å²) in [4.78, 5) is 22.6. The van der Waals surface area contributed by atoms with Gasteiger partial charge >= 0.3 is 0 Å². The highest BCUT2D eigenvalue weighted by Crippen LogP contribution is 2.30. The quantitative estimate of drug-likeness (QED) is 0.327. The predicted octanol–water partition coefficient (Wildman–Crippen LogP) is 3.61. The number of hydrogen-bond donors (Lipinski definition) is 0. The number of amides is 1. The normalized spacial score (nSPS) is 18.9. The summed E-state index contributed by atoms with van der Waals surface area (Å²) in [6, 6.07) is 12.6. The standard InChI is InChI=1S/C28H31ClN4O6S3/c1-41(35,36)25-5-3-2-4-23(25)21-6-9-27(30-20-21)32-12-10-24(28(32)34)33(14-13-31-15-17-39-18-16-31)42(37,38)19-11-22-7-8-26(29)40-22/h2-9,11,19-20,24H,10,12-18H2,1H3/b19-11+/t24-/m0/s1. The van der Waals surface area contributed by atoms with Crippen molar-refractivity contribution in [2.45, 2.75) is 17.4 Å². The first-order chi connectivity index (χ1) is 20.0. The summed E-state index contributed by atoms with van der Waals surface area (Å²) in [5.41, 5.74) is 1.11. The smallest absolute Gasteiger partial charge is 0.246 e. The van der Waals surface area contributed by atoms with E-state index in [0.29, 0.717) is 72.0 Å². The highest BCUT2D eigenvalue weighted by molar-refractivity contribution is 7.92. The first-order valence-electron chi connectivity index (χ1n) is 13.4. The van der Waals surface area contributed by atoms with Gasteiger partial charge in [0.1, 0.15) is 11.9 Å². The van der Waals surface area contributed by atoms with E-state index in [0.717, 1.165) is 11.7 Å². The van der Waals surface area contributed by atoms with Crippen LogP contribution >= 0.6 is 22.9 Å². The molecule has 0 aliphatic carbocycles. The maximum absolute atomic E-state index is 13.7. The first kappa shape index (κ1) is 30.8. The van der Waals surface area contributed by atoms with Crippen molar-refractivity contribution in [2.24, 2.45) is 0 Å². The molecule has 0 radical (unpaired) electrons. The molecule has 5 rings (SSSR count). The number of carbonyl (C=O) groups excluding carboxylic acids is 1. The number of sulfone groups is 1. The van der Waals surface area contributed by atoms with Gasteiger partial charge in [-0.05, 0) is 42.8 Å². The summed E-state index contributed by atoms with van der Waals surface area (Å²) >= 11 is 7.27. The summed E-state index contributed by atoms with van der Waals surface area (Å²) in [6.45, 7) is 3.47. The van der Waals surface area contributed by atoms with Crippen molar-refractivity contribution in [3.8, 4) is 11.1 Å². The van der Waals surface area contributed by atoms with Crippen molar-refractivity contribution in [3.63, 3.8) is 0 Å². The van der Waals surface area contributed by atoms with Crippen LogP contribution in [0.5, 0.6) is 0 Å². The van der Waals surface area contributed by atoms with Crippen LogP contribution in [0, 0.1) is 0 Å². The third kappa shape index (κ3) is 7.10. The molecule has 14 heteroatoms. The molecule has 2 fully saturated rings. The average molecular weight is 651 g/mol. The maximum atomic E-state index is 13.7. The highest BCUT2D eigenvalue weighted by Gasteiger charge is 2.41. The molecule has 4 heterocycles. The summed E-state index contributed by atoms with van der Waals surface area (Å²) < 4.78 is 59.0. The lowest BCUT2D eigenvalue weighted by atomic mass is 10.1. The van der Waals surface area contributed by atoms with Gasteiger partial charge in [-0.1, -0.05) is 29.8 Å². The minimum Gasteiger partial charge on any atom is -0.379 e. The van der Waals surface area contributed by atoms with Crippen LogP contribution in [0.4, 0.5) is 5.82 Å². The summed E-state index contributed by atoms with van der Waals surface area (Å²) in [7, 11) is -7.42. The topological polar surface area (TPSA) is 117 Å². The van der Waals surface area contributed by atoms with Gasteiger partial charge in [0.05, 0.1) is 22.4 Å². The largest absolute Gasteiger partial charge is 0.379 e. The number of aromatic nitrogens is 1. The molecule has 1 atom stereocenters. The molecule has 0 saturated carbocycles. The lowest BCUT2D eigenvalue weighted by Gasteiger charge is -2.31. The fourth-order valence-electron chi connectivity index (χ4n) is 5.07. The molecular weight excluding hydrogens is 620 g/mol. The van der Waals surface area contributed by atoms with E-state index in [1.54, 1.807) is 48.5 Å². The molecule has 0 N–H and O–H groups in total. The Labute approximate surface area is 255 Å². The second-order valence-corrected chi connectivity index (χ2v) is 15.5. The molecule has 2 aromatic heterocycles. The van der Waals surface area contributed by atoms with Gasteiger partial charge in [0, 0.05) is 66.6 Å². The van der Waals surface area contributed by atoms with Crippen molar-refractivity contribution in [2.75, 3.05) is 57.1 Å². The van der Waals surface area contributed by atoms with Crippen molar-refractivity contribution < 1.29 is 26.4 Å². The van der Waals surface area contributed by atoms with Gasteiger partial charge in [-0.15, -0.1) is 11.3 Å². The number of halogens is 1. The Bertz CT molecular complexity index is 1670. The van der Waals surface area contributed by atoms with Gasteiger partial charge < -0.3 is 4.74 Å². The molecule has 1 aromatic carbocycles. The van der Waals surface area contributed by atoms with Crippen molar-refractivity contribution in [1.29, 1.82) is 0 Å². The third-order valence-corrected chi connectivity index (χ3v) is 11.1. The second kappa shape index (κ2) is 12.9. The number of benzene rings is 1. The zero-order valence-electron chi connectivity index (χ0n) is 22.9. The number of hydrogen-bond acceptors (Lipinski definition) is 9.